The second-order valence-corrected chi connectivity index (χ2v) is 6.29. The average molecular weight is 283 g/mol. The molecule has 1 N–H and O–H groups in total. The van der Waals surface area contributed by atoms with Crippen LogP contribution in [-0.2, 0) is 6.54 Å². The lowest BCUT2D eigenvalue weighted by Gasteiger charge is -2.32. The van der Waals surface area contributed by atoms with Crippen LogP contribution in [0.1, 0.15) is 33.3 Å². The fourth-order valence-corrected chi connectivity index (χ4v) is 2.47. The highest BCUT2D eigenvalue weighted by Gasteiger charge is 2.19. The molecule has 0 saturated heterocycles. The topological polar surface area (TPSA) is 15.3 Å². The fraction of sp³-hybridized carbons (Fsp3) is 0.625. The lowest BCUT2D eigenvalue weighted by molar-refractivity contribution is 0.177. The van der Waals surface area contributed by atoms with Gasteiger partial charge in [-0.25, -0.2) is 0 Å². The van der Waals surface area contributed by atoms with Crippen LogP contribution in [0.5, 0.6) is 0 Å². The van der Waals surface area contributed by atoms with Crippen molar-refractivity contribution >= 4 is 11.6 Å². The molecule has 0 amide bonds. The van der Waals surface area contributed by atoms with Crippen molar-refractivity contribution in [2.45, 2.75) is 46.3 Å². The van der Waals surface area contributed by atoms with Gasteiger partial charge >= 0.3 is 0 Å². The van der Waals surface area contributed by atoms with Gasteiger partial charge in [0, 0.05) is 30.2 Å². The number of halogens is 1. The normalized spacial score (nSPS) is 13.5. The third-order valence-electron chi connectivity index (χ3n) is 3.45. The Morgan fingerprint density at radius 2 is 1.79 bits per heavy atom. The standard InChI is InChI=1S/C16H27ClN2/c1-12(2)16(10-18-13(3)4)19(5)11-14-8-6-7-9-15(14)17/h6-9,12-13,16,18H,10-11H2,1-5H3. The lowest BCUT2D eigenvalue weighted by atomic mass is 10.0. The lowest BCUT2D eigenvalue weighted by Crippen LogP contribution is -2.44. The van der Waals surface area contributed by atoms with Gasteiger partial charge < -0.3 is 5.32 Å². The number of rotatable bonds is 7. The van der Waals surface area contributed by atoms with Gasteiger partial charge in [-0.1, -0.05) is 57.5 Å². The van der Waals surface area contributed by atoms with Crippen molar-refractivity contribution < 1.29 is 0 Å². The van der Waals surface area contributed by atoms with E-state index in [1.807, 2.05) is 18.2 Å². The van der Waals surface area contributed by atoms with E-state index < -0.39 is 0 Å². The van der Waals surface area contributed by atoms with Gasteiger partial charge in [0.1, 0.15) is 0 Å². The van der Waals surface area contributed by atoms with Crippen molar-refractivity contribution in [3.8, 4) is 0 Å². The smallest absolute Gasteiger partial charge is 0.0451 e. The van der Waals surface area contributed by atoms with Crippen molar-refractivity contribution in [1.82, 2.24) is 10.2 Å². The number of nitrogens with zero attached hydrogens (tertiary/aromatic N) is 1. The van der Waals surface area contributed by atoms with Gasteiger partial charge in [0.15, 0.2) is 0 Å². The molecule has 108 valence electrons. The van der Waals surface area contributed by atoms with Gasteiger partial charge in [0.05, 0.1) is 0 Å². The number of likely N-dealkylation sites (N-methyl/N-ethyl adjacent to an activating group) is 1. The van der Waals surface area contributed by atoms with Crippen molar-refractivity contribution in [3.63, 3.8) is 0 Å². The zero-order valence-electron chi connectivity index (χ0n) is 12.8. The van der Waals surface area contributed by atoms with Crippen LogP contribution in [0.15, 0.2) is 24.3 Å². The number of benzene rings is 1. The summed E-state index contributed by atoms with van der Waals surface area (Å²) in [6.45, 7) is 10.8. The summed E-state index contributed by atoms with van der Waals surface area (Å²) in [7, 11) is 2.18. The molecule has 3 heteroatoms. The van der Waals surface area contributed by atoms with Gasteiger partial charge in [0.25, 0.3) is 0 Å². The van der Waals surface area contributed by atoms with Crippen LogP contribution < -0.4 is 5.32 Å². The molecule has 0 fully saturated rings. The molecule has 19 heavy (non-hydrogen) atoms. The molecule has 0 aliphatic carbocycles. The largest absolute Gasteiger partial charge is 0.313 e. The highest BCUT2D eigenvalue weighted by molar-refractivity contribution is 6.31. The first-order chi connectivity index (χ1) is 8.91. The van der Waals surface area contributed by atoms with Crippen LogP contribution in [-0.4, -0.2) is 30.6 Å². The van der Waals surface area contributed by atoms with Crippen molar-refractivity contribution in [2.24, 2.45) is 5.92 Å². The predicted octanol–water partition coefficient (Wildman–Crippen LogP) is 3.79. The van der Waals surface area contributed by atoms with E-state index in [1.165, 1.54) is 5.56 Å². The Hall–Kier alpha value is -0.570. The fourth-order valence-electron chi connectivity index (χ4n) is 2.27. The third-order valence-corrected chi connectivity index (χ3v) is 3.82. The minimum atomic E-state index is 0.513. The van der Waals surface area contributed by atoms with Gasteiger partial charge in [-0.2, -0.15) is 0 Å². The Morgan fingerprint density at radius 1 is 1.16 bits per heavy atom. The minimum absolute atomic E-state index is 0.513. The summed E-state index contributed by atoms with van der Waals surface area (Å²) < 4.78 is 0. The van der Waals surface area contributed by atoms with Crippen LogP contribution in [0.2, 0.25) is 5.02 Å². The van der Waals surface area contributed by atoms with E-state index in [9.17, 15) is 0 Å². The molecular weight excluding hydrogens is 256 g/mol. The monoisotopic (exact) mass is 282 g/mol. The molecule has 0 saturated carbocycles. The quantitative estimate of drug-likeness (QED) is 0.818. The van der Waals surface area contributed by atoms with Crippen molar-refractivity contribution in [3.05, 3.63) is 34.9 Å². The average Bonchev–Trinajstić information content (AvgIpc) is 2.31. The van der Waals surface area contributed by atoms with E-state index >= 15 is 0 Å². The zero-order valence-corrected chi connectivity index (χ0v) is 13.5. The Balaban J connectivity index is 2.66. The van der Waals surface area contributed by atoms with Crippen LogP contribution in [0, 0.1) is 5.92 Å². The number of nitrogens with one attached hydrogen (secondary N) is 1. The van der Waals surface area contributed by atoms with Gasteiger partial charge in [-0.05, 0) is 24.6 Å². The molecule has 0 aliphatic rings. The van der Waals surface area contributed by atoms with E-state index in [2.05, 4.69) is 51.0 Å². The predicted molar refractivity (Wildman–Crippen MR) is 84.7 cm³/mol. The Morgan fingerprint density at radius 3 is 2.32 bits per heavy atom. The van der Waals surface area contributed by atoms with E-state index in [1.54, 1.807) is 0 Å². The Kier molecular flexibility index (Phi) is 6.84. The maximum Gasteiger partial charge on any atom is 0.0451 e. The summed E-state index contributed by atoms with van der Waals surface area (Å²) in [6, 6.07) is 9.12. The molecule has 1 unspecified atom stereocenters. The molecule has 1 aromatic rings. The first-order valence-electron chi connectivity index (χ1n) is 7.08. The Labute approximate surface area is 123 Å². The van der Waals surface area contributed by atoms with Gasteiger partial charge in [0.2, 0.25) is 0 Å². The molecule has 0 aliphatic heterocycles. The maximum absolute atomic E-state index is 6.24. The van der Waals surface area contributed by atoms with Crippen molar-refractivity contribution in [2.75, 3.05) is 13.6 Å². The third kappa shape index (κ3) is 5.52. The van der Waals surface area contributed by atoms with E-state index in [4.69, 9.17) is 11.6 Å². The molecule has 0 radical (unpaired) electrons. The van der Waals surface area contributed by atoms with Crippen LogP contribution >= 0.6 is 11.6 Å². The first-order valence-corrected chi connectivity index (χ1v) is 7.46. The van der Waals surface area contributed by atoms with Gasteiger partial charge in [-0.15, -0.1) is 0 Å². The SMILES string of the molecule is CC(C)NCC(C(C)C)N(C)Cc1ccccc1Cl. The maximum atomic E-state index is 6.24. The van der Waals surface area contributed by atoms with Crippen molar-refractivity contribution in [1.29, 1.82) is 0 Å². The highest BCUT2D eigenvalue weighted by atomic mass is 35.5. The van der Waals surface area contributed by atoms with Crippen LogP contribution in [0.4, 0.5) is 0 Å². The Bertz CT molecular complexity index is 377. The molecule has 0 aromatic heterocycles. The zero-order chi connectivity index (χ0) is 14.4. The summed E-state index contributed by atoms with van der Waals surface area (Å²) in [5.41, 5.74) is 1.20. The summed E-state index contributed by atoms with van der Waals surface area (Å²) in [5, 5.41) is 4.39. The van der Waals surface area contributed by atoms with E-state index in [0.717, 1.165) is 18.1 Å². The second kappa shape index (κ2) is 7.88. The minimum Gasteiger partial charge on any atom is -0.313 e. The van der Waals surface area contributed by atoms with E-state index in [0.29, 0.717) is 18.0 Å². The number of hydrogen-bond acceptors (Lipinski definition) is 2. The first kappa shape index (κ1) is 16.5. The van der Waals surface area contributed by atoms with Crippen LogP contribution in [0.25, 0.3) is 0 Å². The van der Waals surface area contributed by atoms with Crippen LogP contribution in [0.3, 0.4) is 0 Å². The molecule has 0 spiro atoms. The molecule has 0 heterocycles. The second-order valence-electron chi connectivity index (χ2n) is 5.88. The molecule has 1 atom stereocenters. The van der Waals surface area contributed by atoms with E-state index in [-0.39, 0.29) is 0 Å². The molecule has 0 bridgehead atoms. The summed E-state index contributed by atoms with van der Waals surface area (Å²) >= 11 is 6.24. The molecule has 1 rings (SSSR count). The highest BCUT2D eigenvalue weighted by Crippen LogP contribution is 2.19. The summed E-state index contributed by atoms with van der Waals surface area (Å²) in [6.07, 6.45) is 0. The molecule has 1 aromatic carbocycles. The molecular formula is C16H27ClN2. The number of hydrogen-bond donors (Lipinski definition) is 1. The van der Waals surface area contributed by atoms with Gasteiger partial charge in [-0.3, -0.25) is 4.90 Å². The molecule has 2 nitrogen and oxygen atoms in total. The summed E-state index contributed by atoms with van der Waals surface area (Å²) in [5.74, 6) is 0.610. The summed E-state index contributed by atoms with van der Waals surface area (Å²) in [4.78, 5) is 2.39.